The Hall–Kier alpha value is -2.31. The number of ketones is 1. The third-order valence-electron chi connectivity index (χ3n) is 25.1. The highest BCUT2D eigenvalue weighted by Crippen LogP contribution is 2.45. The molecule has 6 aliphatic heterocycles. The van der Waals surface area contributed by atoms with Crippen LogP contribution in [0, 0.1) is 47.3 Å². The van der Waals surface area contributed by atoms with Crippen molar-refractivity contribution in [2.24, 2.45) is 53.1 Å². The molecule has 0 saturated carbocycles. The van der Waals surface area contributed by atoms with Crippen molar-refractivity contribution >= 4 is 17.7 Å². The van der Waals surface area contributed by atoms with E-state index in [1.54, 1.807) is 96.9 Å². The second kappa shape index (κ2) is 35.8. The van der Waals surface area contributed by atoms with Crippen LogP contribution in [0.1, 0.15) is 190 Å². The maximum Gasteiger partial charge on any atom is 0.311 e. The van der Waals surface area contributed by atoms with Crippen LogP contribution in [0.25, 0.3) is 0 Å². The Morgan fingerprint density at radius 3 is 1.25 bits per heavy atom. The van der Waals surface area contributed by atoms with Crippen molar-refractivity contribution in [1.82, 2.24) is 9.80 Å². The first-order chi connectivity index (χ1) is 47.6. The topological polar surface area (TPSA) is 386 Å². The highest BCUT2D eigenvalue weighted by atomic mass is 16.7. The third kappa shape index (κ3) is 19.7. The minimum Gasteiger partial charge on any atom is -0.459 e. The summed E-state index contributed by atoms with van der Waals surface area (Å²) in [7, 11) is 8.16. The van der Waals surface area contributed by atoms with Gasteiger partial charge in [-0.3, -0.25) is 24.2 Å². The Bertz CT molecular complexity index is 2700. The van der Waals surface area contributed by atoms with E-state index in [-0.39, 0.29) is 38.5 Å². The van der Waals surface area contributed by atoms with Crippen LogP contribution in [0.5, 0.6) is 0 Å². The summed E-state index contributed by atoms with van der Waals surface area (Å²) in [5.41, 5.74) is -2.61. The number of ether oxygens (including phenoxy) is 13. The molecule has 0 amide bonds. The molecule has 0 aromatic heterocycles. The van der Waals surface area contributed by atoms with Gasteiger partial charge in [-0.2, -0.15) is 0 Å². The van der Waals surface area contributed by atoms with E-state index in [0.717, 1.165) is 0 Å². The first-order valence-corrected chi connectivity index (χ1v) is 37.8. The summed E-state index contributed by atoms with van der Waals surface area (Å²) in [5, 5.41) is 109. The zero-order valence-electron chi connectivity index (χ0n) is 66.5. The lowest BCUT2D eigenvalue weighted by atomic mass is 9.72. The molecule has 103 heavy (non-hydrogen) atoms. The lowest BCUT2D eigenvalue weighted by Gasteiger charge is -2.50. The van der Waals surface area contributed by atoms with Gasteiger partial charge in [-0.05, 0) is 142 Å². The van der Waals surface area contributed by atoms with Gasteiger partial charge >= 0.3 is 11.9 Å². The summed E-state index contributed by atoms with van der Waals surface area (Å²) in [5.74, 6) is -9.35. The molecule has 0 aromatic rings. The molecule has 28 heteroatoms. The van der Waals surface area contributed by atoms with E-state index in [1.165, 1.54) is 42.1 Å². The van der Waals surface area contributed by atoms with Crippen LogP contribution in [0.15, 0.2) is 0 Å². The van der Waals surface area contributed by atoms with Gasteiger partial charge in [-0.15, -0.1) is 0 Å². The molecule has 6 rings (SSSR count). The fourth-order valence-corrected chi connectivity index (χ4v) is 17.7. The number of esters is 2. The van der Waals surface area contributed by atoms with Gasteiger partial charge in [0.1, 0.15) is 53.6 Å². The lowest BCUT2D eigenvalue weighted by molar-refractivity contribution is -0.320. The molecule has 0 radical (unpaired) electrons. The summed E-state index contributed by atoms with van der Waals surface area (Å²) in [6.45, 7) is 34.3. The molecule has 6 aliphatic rings. The molecule has 28 nitrogen and oxygen atoms in total. The Balaban J connectivity index is 1.31. The number of nitrogens with zero attached hydrogens (tertiary/aromatic N) is 2. The molecule has 6 heterocycles. The fourth-order valence-electron chi connectivity index (χ4n) is 17.7. The Kier molecular flexibility index (Phi) is 31.1. The SMILES string of the molecule is CC[C@H]1OC(=O)[C@H](C)[C@@H](O[C@H]2C[C@@](C)(OC)[C@@H](O)[C@H](C)O2)[C@H](C)[C@@H](O[C@@H]2O[C@H](C)C[C@H](N(C)CCN(C)[C@H]3C[C@@H](C)O[C@@H](O[C@@H]4[C@@H](C)[C@H](O[C@H]5C[C@@](C)(OC)[C@@H](O)[C@H](C)O5)[C@@H](C)C(=O)O[C@H](CC)[C@@](C)(O)[C@H](O)[C@@H](C)C(=O)[C@H](C)C[C@@]4(C)OC)[C@@H]3O)[C@H]2O)[C@](C)(O)C[C@@H](C)[C@H](N)[C@H](C)[C@@H](O)[C@]1(C)O. The molecule has 37 atom stereocenters. The molecule has 0 spiro atoms. The molecule has 6 fully saturated rings. The number of methoxy groups -OCH3 is 3. The number of carbonyl (C=O) groups is 3. The Morgan fingerprint density at radius 1 is 0.485 bits per heavy atom. The van der Waals surface area contributed by atoms with Crippen molar-refractivity contribution in [3.63, 3.8) is 0 Å². The predicted molar refractivity (Wildman–Crippen MR) is 378 cm³/mol. The minimum atomic E-state index is -2.06. The number of hydrogen-bond acceptors (Lipinski definition) is 28. The van der Waals surface area contributed by atoms with Crippen LogP contribution in [0.2, 0.25) is 0 Å². The molecule has 0 unspecified atom stereocenters. The number of aliphatic hydroxyl groups excluding tert-OH is 6. The van der Waals surface area contributed by atoms with E-state index in [0.29, 0.717) is 25.9 Å². The second-order valence-electron chi connectivity index (χ2n) is 33.5. The van der Waals surface area contributed by atoms with Gasteiger partial charge in [0.15, 0.2) is 25.2 Å². The van der Waals surface area contributed by atoms with Crippen molar-refractivity contribution in [3.05, 3.63) is 0 Å². The minimum absolute atomic E-state index is 0.00876. The number of cyclic esters (lactones) is 2. The summed E-state index contributed by atoms with van der Waals surface area (Å²) in [6.07, 6.45) is -21.6. The molecule has 0 bridgehead atoms. The van der Waals surface area contributed by atoms with Crippen molar-refractivity contribution < 1.29 is 122 Å². The van der Waals surface area contributed by atoms with Gasteiger partial charge in [0.2, 0.25) is 0 Å². The number of Topliss-reactive ketones (excluding diaryl/α,β-unsaturated/α-hetero) is 1. The normalized spacial score (nSPS) is 50.3. The predicted octanol–water partition coefficient (Wildman–Crippen LogP) is 3.74. The molecule has 0 aliphatic carbocycles. The van der Waals surface area contributed by atoms with Crippen molar-refractivity contribution in [2.75, 3.05) is 48.5 Å². The van der Waals surface area contributed by atoms with Crippen molar-refractivity contribution in [2.45, 2.75) is 364 Å². The lowest BCUT2D eigenvalue weighted by Crippen LogP contribution is -2.62. The van der Waals surface area contributed by atoms with Gasteiger partial charge in [-0.1, -0.05) is 55.4 Å². The quantitative estimate of drug-likeness (QED) is 0.0874. The molecule has 602 valence electrons. The van der Waals surface area contributed by atoms with Gasteiger partial charge in [0.05, 0.1) is 95.3 Å². The molecule has 11 N–H and O–H groups in total. The number of rotatable bonds is 18. The second-order valence-corrected chi connectivity index (χ2v) is 33.5. The van der Waals surface area contributed by atoms with Crippen LogP contribution in [-0.4, -0.2) is 297 Å². The van der Waals surface area contributed by atoms with Crippen LogP contribution in [-0.2, 0) is 76.0 Å². The molecule has 0 aromatic carbocycles. The van der Waals surface area contributed by atoms with E-state index < -0.39 is 240 Å². The van der Waals surface area contributed by atoms with Crippen molar-refractivity contribution in [3.8, 4) is 0 Å². The molecular weight excluding hydrogens is 1340 g/mol. The average molecular weight is 1480 g/mol. The number of carbonyl (C=O) groups excluding carboxylic acids is 3. The van der Waals surface area contributed by atoms with Crippen LogP contribution < -0.4 is 5.73 Å². The van der Waals surface area contributed by atoms with Gasteiger partial charge < -0.3 is 113 Å². The Morgan fingerprint density at radius 2 is 0.864 bits per heavy atom. The van der Waals surface area contributed by atoms with Crippen LogP contribution in [0.4, 0.5) is 0 Å². The van der Waals surface area contributed by atoms with Gasteiger partial charge in [-0.25, -0.2) is 0 Å². The van der Waals surface area contributed by atoms with Crippen molar-refractivity contribution in [1.29, 1.82) is 0 Å². The smallest absolute Gasteiger partial charge is 0.311 e. The van der Waals surface area contributed by atoms with Crippen LogP contribution >= 0.6 is 0 Å². The number of likely N-dealkylation sites (N-methyl/N-ethyl adjacent to an activating group) is 2. The highest BCUT2D eigenvalue weighted by molar-refractivity contribution is 5.83. The van der Waals surface area contributed by atoms with E-state index in [4.69, 9.17) is 67.3 Å². The monoisotopic (exact) mass is 1480 g/mol. The third-order valence-corrected chi connectivity index (χ3v) is 25.1. The maximum absolute atomic E-state index is 14.7. The molecule has 6 saturated heterocycles. The standard InChI is InChI=1S/C75H137N3O25/c1-26-50-74(19,89)60(82)40(7)54(76)36(3)32-70(15,88)64(42(9)58(44(11)66(86)98-50)100-52-34-71(16,91-23)62(84)46(13)96-52)102-68-56(80)48(30-38(5)94-68)77(21)28-29-78(22)49-31-39(6)95-69(57(49)81)103-65-43(10)59(101-53-35-72(17,92-24)63(85)47(14)97-53)45(12)67(87)99-51(27-2)75(20,90)61(83)41(8)55(79)37(4)33-73(65,18)93-25/h36-54,56-65,68-69,80-85,88-90H,26-35,76H2,1-25H3/t36-,37-,38-,39-,40+,41+,42+,43+,44-,45-,46+,47+,48+,49+,50-,51-,52+,53+,54+,56-,57-,58+,59+,60-,61-,62+,63+,64-,65-,68+,69+,70-,71-,72-,73-,74-,75-/m1/s1. The Labute approximate surface area is 613 Å². The van der Waals surface area contributed by atoms with E-state index >= 15 is 0 Å². The number of aliphatic hydroxyl groups is 9. The average Bonchev–Trinajstić information content (AvgIpc) is 0.779. The highest BCUT2D eigenvalue weighted by Gasteiger charge is 2.58. The summed E-state index contributed by atoms with van der Waals surface area (Å²) < 4.78 is 84.0. The summed E-state index contributed by atoms with van der Waals surface area (Å²) in [6, 6.07) is -2.04. The van der Waals surface area contributed by atoms with Crippen LogP contribution in [0.3, 0.4) is 0 Å². The van der Waals surface area contributed by atoms with Gasteiger partial charge in [0.25, 0.3) is 0 Å². The fraction of sp³-hybridized carbons (Fsp3) is 0.960. The van der Waals surface area contributed by atoms with E-state index in [9.17, 15) is 60.3 Å². The first kappa shape index (κ1) is 89.6. The first-order valence-electron chi connectivity index (χ1n) is 37.8. The summed E-state index contributed by atoms with van der Waals surface area (Å²) >= 11 is 0. The van der Waals surface area contributed by atoms with E-state index in [2.05, 4.69) is 0 Å². The van der Waals surface area contributed by atoms with E-state index in [1.807, 2.05) is 44.7 Å². The number of nitrogens with two attached hydrogens (primary N) is 1. The largest absolute Gasteiger partial charge is 0.459 e. The molecular formula is C75H137N3O25. The van der Waals surface area contributed by atoms with Gasteiger partial charge in [0, 0.05) is 95.0 Å². The zero-order valence-corrected chi connectivity index (χ0v) is 66.5. The maximum atomic E-state index is 14.7. The summed E-state index contributed by atoms with van der Waals surface area (Å²) in [4.78, 5) is 47.9. The zero-order chi connectivity index (χ0) is 78.0. The number of hydrogen-bond donors (Lipinski definition) is 10.